The van der Waals surface area contributed by atoms with E-state index in [-0.39, 0.29) is 11.9 Å². The van der Waals surface area contributed by atoms with E-state index in [9.17, 15) is 9.59 Å². The molecule has 244 valence electrons. The number of hydrogen-bond acceptors (Lipinski definition) is 5. The highest BCUT2D eigenvalue weighted by Gasteiger charge is 2.19. The van der Waals surface area contributed by atoms with E-state index in [0.29, 0.717) is 19.7 Å². The van der Waals surface area contributed by atoms with Crippen LogP contribution in [0.1, 0.15) is 181 Å². The molecule has 0 radical (unpaired) electrons. The summed E-state index contributed by atoms with van der Waals surface area (Å²) in [5.41, 5.74) is 0. The van der Waals surface area contributed by atoms with Crippen LogP contribution in [0.5, 0.6) is 0 Å². The molecule has 0 N–H and O–H groups in total. The average Bonchev–Trinajstić information content (AvgIpc) is 2.97. The van der Waals surface area contributed by atoms with Gasteiger partial charge in [-0.05, 0) is 64.6 Å². The minimum Gasteiger partial charge on any atom is -0.468 e. The highest BCUT2D eigenvalue weighted by atomic mass is 16.5. The molecular formula is C36H71NO4. The minimum absolute atomic E-state index is 0.0789. The first-order valence-corrected chi connectivity index (χ1v) is 18.1. The molecule has 0 saturated carbocycles. The molecule has 0 aromatic rings. The average molecular weight is 582 g/mol. The van der Waals surface area contributed by atoms with Gasteiger partial charge in [-0.1, -0.05) is 136 Å². The van der Waals surface area contributed by atoms with Crippen LogP contribution in [0.3, 0.4) is 0 Å². The Kier molecular flexibility index (Phi) is 32.5. The quantitative estimate of drug-likeness (QED) is 0.0430. The van der Waals surface area contributed by atoms with E-state index >= 15 is 0 Å². The van der Waals surface area contributed by atoms with E-state index < -0.39 is 0 Å². The van der Waals surface area contributed by atoms with Crippen LogP contribution in [0.2, 0.25) is 0 Å². The molecule has 5 nitrogen and oxygen atoms in total. The molecule has 1 atom stereocenters. The van der Waals surface area contributed by atoms with Gasteiger partial charge in [0.15, 0.2) is 0 Å². The lowest BCUT2D eigenvalue weighted by atomic mass is 9.94. The third-order valence-electron chi connectivity index (χ3n) is 8.35. The van der Waals surface area contributed by atoms with Gasteiger partial charge in [0.2, 0.25) is 0 Å². The SMILES string of the molecule is CCCCCCCCC(CCCCCC)C(=O)OCCCCCCCCN(CCC)CCCCCCCCOC=O. The summed E-state index contributed by atoms with van der Waals surface area (Å²) in [5.74, 6) is 0.202. The maximum absolute atomic E-state index is 12.8. The third kappa shape index (κ3) is 28.8. The molecule has 0 fully saturated rings. The smallest absolute Gasteiger partial charge is 0.308 e. The van der Waals surface area contributed by atoms with Crippen LogP contribution in [0.25, 0.3) is 0 Å². The van der Waals surface area contributed by atoms with Gasteiger partial charge in [0.25, 0.3) is 6.47 Å². The Morgan fingerprint density at radius 2 is 0.976 bits per heavy atom. The Bertz CT molecular complexity index is 542. The van der Waals surface area contributed by atoms with Crippen molar-refractivity contribution in [3.8, 4) is 0 Å². The third-order valence-corrected chi connectivity index (χ3v) is 8.35. The van der Waals surface area contributed by atoms with Crippen molar-refractivity contribution in [3.63, 3.8) is 0 Å². The summed E-state index contributed by atoms with van der Waals surface area (Å²) in [5, 5.41) is 0. The molecule has 0 bridgehead atoms. The number of rotatable bonds is 34. The molecule has 0 aliphatic carbocycles. The summed E-state index contributed by atoms with van der Waals surface area (Å²) in [6.45, 7) is 12.2. The van der Waals surface area contributed by atoms with Crippen molar-refractivity contribution >= 4 is 12.4 Å². The predicted octanol–water partition coefficient (Wildman–Crippen LogP) is 10.4. The normalized spacial score (nSPS) is 12.1. The molecule has 1 unspecified atom stereocenters. The number of nitrogens with zero attached hydrogens (tertiary/aromatic N) is 1. The maximum atomic E-state index is 12.8. The summed E-state index contributed by atoms with van der Waals surface area (Å²) in [6, 6.07) is 0. The van der Waals surface area contributed by atoms with E-state index in [2.05, 4.69) is 25.7 Å². The van der Waals surface area contributed by atoms with Crippen molar-refractivity contribution in [2.75, 3.05) is 32.8 Å². The van der Waals surface area contributed by atoms with Gasteiger partial charge in [-0.15, -0.1) is 0 Å². The van der Waals surface area contributed by atoms with Crippen molar-refractivity contribution in [1.29, 1.82) is 0 Å². The van der Waals surface area contributed by atoms with Gasteiger partial charge in [0.1, 0.15) is 0 Å². The number of ether oxygens (including phenoxy) is 2. The van der Waals surface area contributed by atoms with Crippen molar-refractivity contribution < 1.29 is 19.1 Å². The lowest BCUT2D eigenvalue weighted by Gasteiger charge is -2.21. The summed E-state index contributed by atoms with van der Waals surface area (Å²) < 4.78 is 10.5. The Hall–Kier alpha value is -1.10. The first-order chi connectivity index (χ1) is 20.2. The summed E-state index contributed by atoms with van der Waals surface area (Å²) >= 11 is 0. The largest absolute Gasteiger partial charge is 0.468 e. The number of carbonyl (C=O) groups is 2. The fourth-order valence-electron chi connectivity index (χ4n) is 5.73. The predicted molar refractivity (Wildman–Crippen MR) is 175 cm³/mol. The topological polar surface area (TPSA) is 55.8 Å². The highest BCUT2D eigenvalue weighted by Crippen LogP contribution is 2.21. The molecule has 0 spiro atoms. The van der Waals surface area contributed by atoms with Crippen LogP contribution in [-0.2, 0) is 19.1 Å². The Balaban J connectivity index is 3.89. The van der Waals surface area contributed by atoms with E-state index in [4.69, 9.17) is 9.47 Å². The zero-order chi connectivity index (χ0) is 30.1. The summed E-state index contributed by atoms with van der Waals surface area (Å²) in [6.07, 6.45) is 30.5. The van der Waals surface area contributed by atoms with E-state index in [1.807, 2.05) is 0 Å². The molecule has 5 heteroatoms. The summed E-state index contributed by atoms with van der Waals surface area (Å²) in [7, 11) is 0. The van der Waals surface area contributed by atoms with E-state index in [0.717, 1.165) is 32.1 Å². The fraction of sp³-hybridized carbons (Fsp3) is 0.944. The van der Waals surface area contributed by atoms with E-state index in [1.165, 1.54) is 148 Å². The van der Waals surface area contributed by atoms with Crippen LogP contribution in [0.15, 0.2) is 0 Å². The number of hydrogen-bond donors (Lipinski definition) is 0. The molecule has 0 amide bonds. The monoisotopic (exact) mass is 582 g/mol. The van der Waals surface area contributed by atoms with Crippen LogP contribution in [0.4, 0.5) is 0 Å². The van der Waals surface area contributed by atoms with Crippen molar-refractivity contribution in [3.05, 3.63) is 0 Å². The lowest BCUT2D eigenvalue weighted by molar-refractivity contribution is -0.149. The van der Waals surface area contributed by atoms with Gasteiger partial charge in [-0.25, -0.2) is 0 Å². The molecule has 0 aromatic carbocycles. The van der Waals surface area contributed by atoms with Gasteiger partial charge >= 0.3 is 5.97 Å². The van der Waals surface area contributed by atoms with Gasteiger partial charge in [-0.2, -0.15) is 0 Å². The fourth-order valence-corrected chi connectivity index (χ4v) is 5.73. The first kappa shape index (κ1) is 39.9. The second kappa shape index (κ2) is 33.4. The van der Waals surface area contributed by atoms with Gasteiger partial charge in [0.05, 0.1) is 19.1 Å². The van der Waals surface area contributed by atoms with Gasteiger partial charge < -0.3 is 14.4 Å². The second-order valence-corrected chi connectivity index (χ2v) is 12.3. The number of esters is 1. The van der Waals surface area contributed by atoms with Crippen LogP contribution in [0, 0.1) is 5.92 Å². The molecule has 0 aliphatic rings. The van der Waals surface area contributed by atoms with Gasteiger partial charge in [0, 0.05) is 0 Å². The lowest BCUT2D eigenvalue weighted by Crippen LogP contribution is -2.27. The van der Waals surface area contributed by atoms with Crippen molar-refractivity contribution in [2.24, 2.45) is 5.92 Å². The molecular weight excluding hydrogens is 510 g/mol. The zero-order valence-corrected chi connectivity index (χ0v) is 27.9. The molecule has 41 heavy (non-hydrogen) atoms. The molecule has 0 aromatic heterocycles. The van der Waals surface area contributed by atoms with Crippen molar-refractivity contribution in [2.45, 2.75) is 181 Å². The van der Waals surface area contributed by atoms with Gasteiger partial charge in [-0.3, -0.25) is 9.59 Å². The molecule has 0 heterocycles. The minimum atomic E-state index is 0.0789. The zero-order valence-electron chi connectivity index (χ0n) is 27.9. The molecule has 0 saturated heterocycles. The second-order valence-electron chi connectivity index (χ2n) is 12.3. The Labute approximate surface area is 256 Å². The maximum Gasteiger partial charge on any atom is 0.308 e. The first-order valence-electron chi connectivity index (χ1n) is 18.1. The number of carbonyl (C=O) groups excluding carboxylic acids is 2. The van der Waals surface area contributed by atoms with Crippen molar-refractivity contribution in [1.82, 2.24) is 4.90 Å². The highest BCUT2D eigenvalue weighted by molar-refractivity contribution is 5.72. The van der Waals surface area contributed by atoms with E-state index in [1.54, 1.807) is 0 Å². The standard InChI is InChI=1S/C36H71NO4/c1-4-7-9-11-16-22-28-35(27-21-10-8-5-2)36(39)41-33-26-20-15-13-18-24-31-37(29-6-3)30-23-17-12-14-19-25-32-40-34-38/h34-35H,4-33H2,1-3H3. The van der Waals surface area contributed by atoms with Crippen LogP contribution in [-0.4, -0.2) is 50.2 Å². The number of unbranched alkanes of at least 4 members (excludes halogenated alkanes) is 18. The molecule has 0 aliphatic heterocycles. The molecule has 0 rings (SSSR count). The Morgan fingerprint density at radius 3 is 1.49 bits per heavy atom. The summed E-state index contributed by atoms with van der Waals surface area (Å²) in [4.78, 5) is 25.6. The van der Waals surface area contributed by atoms with Crippen LogP contribution < -0.4 is 0 Å². The van der Waals surface area contributed by atoms with Crippen LogP contribution >= 0.6 is 0 Å². The Morgan fingerprint density at radius 1 is 0.537 bits per heavy atom.